The van der Waals surface area contributed by atoms with Crippen molar-refractivity contribution in [3.63, 3.8) is 0 Å². The monoisotopic (exact) mass is 327 g/mol. The van der Waals surface area contributed by atoms with Crippen LogP contribution in [0.2, 0.25) is 0 Å². The van der Waals surface area contributed by atoms with Crippen molar-refractivity contribution in [3.8, 4) is 0 Å². The van der Waals surface area contributed by atoms with Gasteiger partial charge in [0.1, 0.15) is 5.76 Å². The zero-order valence-corrected chi connectivity index (χ0v) is 13.6. The second-order valence-electron chi connectivity index (χ2n) is 5.08. The van der Waals surface area contributed by atoms with Crippen molar-refractivity contribution in [2.75, 3.05) is 0 Å². The average Bonchev–Trinajstić information content (AvgIpc) is 3.25. The van der Waals surface area contributed by atoms with Crippen LogP contribution in [0.5, 0.6) is 0 Å². The Bertz CT molecular complexity index is 781. The smallest absolute Gasteiger partial charge is 0.230 e. The number of aromatic amines is 1. The molecule has 0 bridgehead atoms. The molecule has 3 aromatic rings. The number of hydrogen-bond donors (Lipinski definition) is 1. The first-order valence-corrected chi connectivity index (χ1v) is 8.47. The first-order valence-electron chi connectivity index (χ1n) is 7.48. The number of benzene rings is 1. The van der Waals surface area contributed by atoms with Gasteiger partial charge in [-0.25, -0.2) is 0 Å². The van der Waals surface area contributed by atoms with E-state index in [1.165, 1.54) is 11.8 Å². The van der Waals surface area contributed by atoms with E-state index in [9.17, 15) is 4.79 Å². The molecule has 6 heteroatoms. The normalized spacial score (nSPS) is 10.8. The molecule has 0 aliphatic carbocycles. The number of aromatic nitrogens is 3. The minimum absolute atomic E-state index is 0.119. The molecule has 2 aromatic heterocycles. The lowest BCUT2D eigenvalue weighted by Crippen LogP contribution is -2.07. The van der Waals surface area contributed by atoms with Gasteiger partial charge in [0.15, 0.2) is 5.16 Å². The fraction of sp³-hybridized carbons (Fsp3) is 0.235. The maximum atomic E-state index is 12.6. The Morgan fingerprint density at radius 1 is 1.22 bits per heavy atom. The molecule has 0 radical (unpaired) electrons. The highest BCUT2D eigenvalue weighted by molar-refractivity contribution is 7.98. The summed E-state index contributed by atoms with van der Waals surface area (Å²) in [6.07, 6.45) is 3.50. The van der Waals surface area contributed by atoms with Gasteiger partial charge >= 0.3 is 0 Å². The van der Waals surface area contributed by atoms with E-state index in [0.717, 1.165) is 24.2 Å². The summed E-state index contributed by atoms with van der Waals surface area (Å²) >= 11 is 1.45. The molecule has 118 valence electrons. The molecule has 3 rings (SSSR count). The molecule has 1 aromatic carbocycles. The molecule has 0 atom stereocenters. The SMILES string of the molecule is CCCc1ccccc1C(=O)c1nnc(SCc2ccco2)[nH]1. The van der Waals surface area contributed by atoms with Crippen LogP contribution in [0.25, 0.3) is 0 Å². The lowest BCUT2D eigenvalue weighted by atomic mass is 10.00. The predicted octanol–water partition coefficient (Wildman–Crippen LogP) is 3.87. The lowest BCUT2D eigenvalue weighted by Gasteiger charge is -2.05. The van der Waals surface area contributed by atoms with Gasteiger partial charge in [-0.1, -0.05) is 49.4 Å². The zero-order valence-electron chi connectivity index (χ0n) is 12.8. The molecule has 0 spiro atoms. The highest BCUT2D eigenvalue weighted by Gasteiger charge is 2.17. The Labute approximate surface area is 138 Å². The van der Waals surface area contributed by atoms with Crippen LogP contribution < -0.4 is 0 Å². The third kappa shape index (κ3) is 3.71. The number of furan rings is 1. The molecule has 0 aliphatic heterocycles. The number of ketones is 1. The zero-order chi connectivity index (χ0) is 16.1. The molecule has 0 saturated carbocycles. The molecule has 23 heavy (non-hydrogen) atoms. The second-order valence-corrected chi connectivity index (χ2v) is 6.05. The molecule has 0 aliphatic rings. The Morgan fingerprint density at radius 2 is 2.09 bits per heavy atom. The number of aryl methyl sites for hydroxylation is 1. The van der Waals surface area contributed by atoms with E-state index in [0.29, 0.717) is 16.5 Å². The average molecular weight is 327 g/mol. The van der Waals surface area contributed by atoms with Crippen molar-refractivity contribution in [3.05, 3.63) is 65.4 Å². The standard InChI is InChI=1S/C17H17N3O2S/c1-2-6-12-7-3-4-9-14(12)15(21)16-18-17(20-19-16)23-11-13-8-5-10-22-13/h3-5,7-10H,2,6,11H2,1H3,(H,18,19,20). The molecular weight excluding hydrogens is 310 g/mol. The molecule has 0 fully saturated rings. The van der Waals surface area contributed by atoms with Gasteiger partial charge in [0.25, 0.3) is 0 Å². The Hall–Kier alpha value is -2.34. The van der Waals surface area contributed by atoms with E-state index >= 15 is 0 Å². The van der Waals surface area contributed by atoms with Crippen LogP contribution in [-0.4, -0.2) is 21.0 Å². The fourth-order valence-corrected chi connectivity index (χ4v) is 3.02. The Balaban J connectivity index is 1.73. The Morgan fingerprint density at radius 3 is 2.87 bits per heavy atom. The van der Waals surface area contributed by atoms with Crippen molar-refractivity contribution >= 4 is 17.5 Å². The van der Waals surface area contributed by atoms with E-state index in [4.69, 9.17) is 4.42 Å². The van der Waals surface area contributed by atoms with Gasteiger partial charge in [-0.05, 0) is 24.1 Å². The number of thioether (sulfide) groups is 1. The molecular formula is C17H17N3O2S. The van der Waals surface area contributed by atoms with E-state index < -0.39 is 0 Å². The third-order valence-corrected chi connectivity index (χ3v) is 4.28. The lowest BCUT2D eigenvalue weighted by molar-refractivity contribution is 0.102. The van der Waals surface area contributed by atoms with Gasteiger partial charge in [-0.2, -0.15) is 0 Å². The summed E-state index contributed by atoms with van der Waals surface area (Å²) in [5.74, 6) is 1.65. The Kier molecular flexibility index (Phi) is 4.92. The van der Waals surface area contributed by atoms with E-state index in [1.807, 2.05) is 36.4 Å². The molecule has 0 saturated heterocycles. The number of nitrogens with one attached hydrogen (secondary N) is 1. The second kappa shape index (κ2) is 7.28. The number of rotatable bonds is 7. The van der Waals surface area contributed by atoms with Crippen LogP contribution >= 0.6 is 11.8 Å². The van der Waals surface area contributed by atoms with E-state index in [2.05, 4.69) is 22.1 Å². The number of carbonyl (C=O) groups is 1. The highest BCUT2D eigenvalue weighted by atomic mass is 32.2. The number of carbonyl (C=O) groups excluding carboxylic acids is 1. The van der Waals surface area contributed by atoms with Crippen LogP contribution in [0.3, 0.4) is 0 Å². The first kappa shape index (κ1) is 15.6. The topological polar surface area (TPSA) is 71.8 Å². The van der Waals surface area contributed by atoms with Crippen LogP contribution in [0.4, 0.5) is 0 Å². The van der Waals surface area contributed by atoms with Crippen LogP contribution in [0, 0.1) is 0 Å². The van der Waals surface area contributed by atoms with Crippen molar-refractivity contribution in [2.24, 2.45) is 0 Å². The molecule has 0 unspecified atom stereocenters. The number of H-pyrrole nitrogens is 1. The fourth-order valence-electron chi connectivity index (χ4n) is 2.30. The maximum absolute atomic E-state index is 12.6. The van der Waals surface area contributed by atoms with Crippen molar-refractivity contribution in [1.29, 1.82) is 0 Å². The van der Waals surface area contributed by atoms with Crippen LogP contribution in [-0.2, 0) is 12.2 Å². The largest absolute Gasteiger partial charge is 0.468 e. The first-order chi connectivity index (χ1) is 11.3. The van der Waals surface area contributed by atoms with Gasteiger partial charge in [-0.15, -0.1) is 10.2 Å². The maximum Gasteiger partial charge on any atom is 0.230 e. The molecule has 2 heterocycles. The van der Waals surface area contributed by atoms with Gasteiger partial charge in [0.05, 0.1) is 12.0 Å². The quantitative estimate of drug-likeness (QED) is 0.527. The van der Waals surface area contributed by atoms with Gasteiger partial charge in [0, 0.05) is 5.56 Å². The minimum Gasteiger partial charge on any atom is -0.468 e. The van der Waals surface area contributed by atoms with Crippen LogP contribution in [0.1, 0.15) is 40.9 Å². The van der Waals surface area contributed by atoms with E-state index in [-0.39, 0.29) is 11.6 Å². The summed E-state index contributed by atoms with van der Waals surface area (Å²) in [6.45, 7) is 2.10. The summed E-state index contributed by atoms with van der Waals surface area (Å²) in [4.78, 5) is 15.6. The molecule has 0 amide bonds. The van der Waals surface area contributed by atoms with Gasteiger partial charge < -0.3 is 9.40 Å². The number of hydrogen-bond acceptors (Lipinski definition) is 5. The van der Waals surface area contributed by atoms with Crippen molar-refractivity contribution < 1.29 is 9.21 Å². The van der Waals surface area contributed by atoms with Crippen molar-refractivity contribution in [2.45, 2.75) is 30.7 Å². The summed E-state index contributed by atoms with van der Waals surface area (Å²) < 4.78 is 5.27. The number of nitrogens with zero attached hydrogens (tertiary/aromatic N) is 2. The minimum atomic E-state index is -0.119. The summed E-state index contributed by atoms with van der Waals surface area (Å²) in [6, 6.07) is 11.4. The predicted molar refractivity (Wildman–Crippen MR) is 88.5 cm³/mol. The summed E-state index contributed by atoms with van der Waals surface area (Å²) in [5.41, 5.74) is 1.73. The third-order valence-electron chi connectivity index (χ3n) is 3.39. The highest BCUT2D eigenvalue weighted by Crippen LogP contribution is 2.20. The van der Waals surface area contributed by atoms with E-state index in [1.54, 1.807) is 6.26 Å². The summed E-state index contributed by atoms with van der Waals surface area (Å²) in [7, 11) is 0. The van der Waals surface area contributed by atoms with Gasteiger partial charge in [-0.3, -0.25) is 4.79 Å². The van der Waals surface area contributed by atoms with Crippen molar-refractivity contribution in [1.82, 2.24) is 15.2 Å². The molecule has 5 nitrogen and oxygen atoms in total. The molecule has 1 N–H and O–H groups in total. The van der Waals surface area contributed by atoms with Crippen LogP contribution in [0.15, 0.2) is 52.2 Å². The van der Waals surface area contributed by atoms with Gasteiger partial charge in [0.2, 0.25) is 11.6 Å². The summed E-state index contributed by atoms with van der Waals surface area (Å²) in [5, 5.41) is 8.63.